The van der Waals surface area contributed by atoms with Crippen LogP contribution in [0.1, 0.15) is 45.7 Å². The summed E-state index contributed by atoms with van der Waals surface area (Å²) in [4.78, 5) is 19.8. The number of anilines is 1. The molecule has 1 aromatic carbocycles. The molecule has 0 aliphatic rings. The molecular formula is C20H27N3O3. The van der Waals surface area contributed by atoms with Crippen LogP contribution < -0.4 is 10.1 Å². The molecule has 0 radical (unpaired) electrons. The summed E-state index contributed by atoms with van der Waals surface area (Å²) in [6.45, 7) is 10.0. The van der Waals surface area contributed by atoms with Gasteiger partial charge in [0.2, 0.25) is 5.95 Å². The van der Waals surface area contributed by atoms with E-state index in [-0.39, 0.29) is 5.41 Å². The smallest absolute Gasteiger partial charge is 0.347 e. The quantitative estimate of drug-likeness (QED) is 0.750. The monoisotopic (exact) mass is 357 g/mol. The van der Waals surface area contributed by atoms with Crippen molar-refractivity contribution in [2.45, 2.75) is 52.1 Å². The highest BCUT2D eigenvalue weighted by atomic mass is 16.5. The van der Waals surface area contributed by atoms with Crippen LogP contribution in [-0.2, 0) is 16.6 Å². The third-order valence-electron chi connectivity index (χ3n) is 4.33. The third-order valence-corrected chi connectivity index (χ3v) is 4.33. The van der Waals surface area contributed by atoms with Crippen molar-refractivity contribution < 1.29 is 14.6 Å². The molecule has 6 heteroatoms. The lowest BCUT2D eigenvalue weighted by molar-refractivity contribution is -0.152. The summed E-state index contributed by atoms with van der Waals surface area (Å²) in [7, 11) is 0. The summed E-state index contributed by atoms with van der Waals surface area (Å²) in [6.07, 6.45) is 4.58. The van der Waals surface area contributed by atoms with Gasteiger partial charge in [-0.2, -0.15) is 0 Å². The normalized spacial score (nSPS) is 11.9. The lowest BCUT2D eigenvalue weighted by Crippen LogP contribution is -2.37. The van der Waals surface area contributed by atoms with Crippen molar-refractivity contribution in [1.29, 1.82) is 0 Å². The van der Waals surface area contributed by atoms with Gasteiger partial charge in [0, 0.05) is 24.4 Å². The summed E-state index contributed by atoms with van der Waals surface area (Å²) in [5.74, 6) is 0.141. The molecule has 0 atom stereocenters. The number of rotatable bonds is 8. The fourth-order valence-electron chi connectivity index (χ4n) is 2.34. The maximum Gasteiger partial charge on any atom is 0.347 e. The summed E-state index contributed by atoms with van der Waals surface area (Å²) in [6, 6.07) is 7.51. The van der Waals surface area contributed by atoms with Crippen LogP contribution in [0.25, 0.3) is 0 Å². The minimum Gasteiger partial charge on any atom is -0.478 e. The number of nitrogens with zero attached hydrogens (tertiary/aromatic N) is 2. The Kier molecular flexibility index (Phi) is 5.85. The highest BCUT2D eigenvalue weighted by Crippen LogP contribution is 2.27. The Morgan fingerprint density at radius 2 is 1.69 bits per heavy atom. The molecule has 26 heavy (non-hydrogen) atoms. The van der Waals surface area contributed by atoms with Gasteiger partial charge in [0.1, 0.15) is 5.75 Å². The SMILES string of the molecule is CCc1cnc(NCC(C)(C)c2ccc(OC(C)(C)C(=O)O)cc2)nc1. The summed E-state index contributed by atoms with van der Waals surface area (Å²) < 4.78 is 5.55. The van der Waals surface area contributed by atoms with Crippen molar-refractivity contribution in [3.63, 3.8) is 0 Å². The molecule has 2 N–H and O–H groups in total. The predicted molar refractivity (Wildman–Crippen MR) is 102 cm³/mol. The van der Waals surface area contributed by atoms with Gasteiger partial charge in [-0.05, 0) is 43.5 Å². The number of nitrogens with one attached hydrogen (secondary N) is 1. The van der Waals surface area contributed by atoms with E-state index < -0.39 is 11.6 Å². The van der Waals surface area contributed by atoms with Gasteiger partial charge in [-0.3, -0.25) is 0 Å². The van der Waals surface area contributed by atoms with E-state index in [4.69, 9.17) is 9.84 Å². The molecule has 0 unspecified atom stereocenters. The first-order valence-corrected chi connectivity index (χ1v) is 8.72. The Morgan fingerprint density at radius 1 is 1.12 bits per heavy atom. The van der Waals surface area contributed by atoms with Crippen LogP contribution in [-0.4, -0.2) is 33.2 Å². The first-order chi connectivity index (χ1) is 12.1. The van der Waals surface area contributed by atoms with Gasteiger partial charge < -0.3 is 15.2 Å². The molecule has 2 aromatic rings. The summed E-state index contributed by atoms with van der Waals surface area (Å²) in [5.41, 5.74) is 0.791. The number of hydrogen-bond donors (Lipinski definition) is 2. The zero-order chi connectivity index (χ0) is 19.4. The number of carbonyl (C=O) groups is 1. The fourth-order valence-corrected chi connectivity index (χ4v) is 2.34. The second-order valence-electron chi connectivity index (χ2n) is 7.45. The standard InChI is InChI=1S/C20H27N3O3/c1-6-14-11-21-18(22-12-14)23-13-19(2,3)15-7-9-16(10-8-15)26-20(4,5)17(24)25/h7-12H,6,13H2,1-5H3,(H,24,25)(H,21,22,23). The van der Waals surface area contributed by atoms with Crippen molar-refractivity contribution in [1.82, 2.24) is 9.97 Å². The zero-order valence-electron chi connectivity index (χ0n) is 16.0. The second-order valence-corrected chi connectivity index (χ2v) is 7.45. The number of benzene rings is 1. The number of aromatic nitrogens is 2. The molecule has 1 heterocycles. The van der Waals surface area contributed by atoms with E-state index in [9.17, 15) is 4.79 Å². The lowest BCUT2D eigenvalue weighted by Gasteiger charge is -2.27. The van der Waals surface area contributed by atoms with Crippen molar-refractivity contribution in [3.8, 4) is 5.75 Å². The van der Waals surface area contributed by atoms with E-state index in [0.717, 1.165) is 17.5 Å². The van der Waals surface area contributed by atoms with Gasteiger partial charge in [0.05, 0.1) is 0 Å². The summed E-state index contributed by atoms with van der Waals surface area (Å²) in [5, 5.41) is 12.4. The van der Waals surface area contributed by atoms with Gasteiger partial charge >= 0.3 is 5.97 Å². The molecule has 0 saturated carbocycles. The molecule has 0 aliphatic heterocycles. The molecule has 0 fully saturated rings. The van der Waals surface area contributed by atoms with Crippen LogP contribution in [0.4, 0.5) is 5.95 Å². The predicted octanol–water partition coefficient (Wildman–Crippen LogP) is 3.67. The Bertz CT molecular complexity index is 738. The number of aryl methyl sites for hydroxylation is 1. The molecule has 2 rings (SSSR count). The molecule has 1 aromatic heterocycles. The van der Waals surface area contributed by atoms with Crippen molar-refractivity contribution in [3.05, 3.63) is 47.8 Å². The average Bonchev–Trinajstić information content (AvgIpc) is 2.60. The Labute approximate surface area is 154 Å². The third kappa shape index (κ3) is 4.94. The zero-order valence-corrected chi connectivity index (χ0v) is 16.0. The van der Waals surface area contributed by atoms with Gasteiger partial charge in [-0.25, -0.2) is 14.8 Å². The van der Waals surface area contributed by atoms with Crippen molar-refractivity contribution in [2.75, 3.05) is 11.9 Å². The fraction of sp³-hybridized carbons (Fsp3) is 0.450. The van der Waals surface area contributed by atoms with E-state index in [0.29, 0.717) is 18.2 Å². The maximum atomic E-state index is 11.2. The van der Waals surface area contributed by atoms with Crippen LogP contribution in [0.15, 0.2) is 36.7 Å². The Balaban J connectivity index is 2.02. The Morgan fingerprint density at radius 3 is 2.19 bits per heavy atom. The molecule has 6 nitrogen and oxygen atoms in total. The summed E-state index contributed by atoms with van der Waals surface area (Å²) >= 11 is 0. The molecule has 0 spiro atoms. The maximum absolute atomic E-state index is 11.2. The van der Waals surface area contributed by atoms with Gasteiger partial charge in [-0.1, -0.05) is 32.9 Å². The van der Waals surface area contributed by atoms with E-state index in [1.54, 1.807) is 12.1 Å². The minimum atomic E-state index is -1.26. The number of ether oxygens (including phenoxy) is 1. The highest BCUT2D eigenvalue weighted by molar-refractivity contribution is 5.76. The first kappa shape index (κ1) is 19.7. The number of carboxylic acids is 1. The number of carboxylic acid groups (broad SMARTS) is 1. The number of hydrogen-bond acceptors (Lipinski definition) is 5. The topological polar surface area (TPSA) is 84.3 Å². The van der Waals surface area contributed by atoms with Crippen molar-refractivity contribution in [2.24, 2.45) is 0 Å². The van der Waals surface area contributed by atoms with Crippen LogP contribution in [0.5, 0.6) is 5.75 Å². The first-order valence-electron chi connectivity index (χ1n) is 8.72. The number of aliphatic carboxylic acids is 1. The van der Waals surface area contributed by atoms with E-state index in [2.05, 4.69) is 36.1 Å². The van der Waals surface area contributed by atoms with Crippen LogP contribution in [0.3, 0.4) is 0 Å². The van der Waals surface area contributed by atoms with E-state index in [1.165, 1.54) is 13.8 Å². The van der Waals surface area contributed by atoms with Crippen molar-refractivity contribution >= 4 is 11.9 Å². The van der Waals surface area contributed by atoms with Crippen LogP contribution in [0, 0.1) is 0 Å². The minimum absolute atomic E-state index is 0.159. The second kappa shape index (κ2) is 7.72. The van der Waals surface area contributed by atoms with E-state index >= 15 is 0 Å². The van der Waals surface area contributed by atoms with E-state index in [1.807, 2.05) is 24.5 Å². The lowest BCUT2D eigenvalue weighted by atomic mass is 9.84. The highest BCUT2D eigenvalue weighted by Gasteiger charge is 2.29. The molecule has 0 aliphatic carbocycles. The Hall–Kier alpha value is -2.63. The van der Waals surface area contributed by atoms with Crippen LogP contribution >= 0.6 is 0 Å². The average molecular weight is 357 g/mol. The van der Waals surface area contributed by atoms with Crippen LogP contribution in [0.2, 0.25) is 0 Å². The molecule has 0 bridgehead atoms. The molecular weight excluding hydrogens is 330 g/mol. The largest absolute Gasteiger partial charge is 0.478 e. The van der Waals surface area contributed by atoms with Gasteiger partial charge in [0.25, 0.3) is 0 Å². The van der Waals surface area contributed by atoms with Gasteiger partial charge in [-0.15, -0.1) is 0 Å². The van der Waals surface area contributed by atoms with Gasteiger partial charge in [0.15, 0.2) is 5.60 Å². The molecule has 140 valence electrons. The molecule has 0 amide bonds. The molecule has 0 saturated heterocycles.